The van der Waals surface area contributed by atoms with Crippen LogP contribution in [0.15, 0.2) is 24.3 Å². The molecule has 1 amide bonds. The minimum Gasteiger partial charge on any atom is -0.482 e. The summed E-state index contributed by atoms with van der Waals surface area (Å²) in [7, 11) is 0. The van der Waals surface area contributed by atoms with Gasteiger partial charge in [0.15, 0.2) is 6.61 Å². The van der Waals surface area contributed by atoms with Crippen molar-refractivity contribution in [1.82, 2.24) is 0 Å². The predicted molar refractivity (Wildman–Crippen MR) is 70.7 cm³/mol. The molecule has 2 N–H and O–H groups in total. The number of primary amides is 1. The third kappa shape index (κ3) is 6.45. The minimum atomic E-state index is -0.381. The molecule has 1 aromatic rings. The number of nitrogens with two attached hydrogens (primary N) is 1. The second kappa shape index (κ2) is 8.13. The van der Waals surface area contributed by atoms with Crippen molar-refractivity contribution in [3.8, 4) is 5.75 Å². The highest BCUT2D eigenvalue weighted by Crippen LogP contribution is 2.12. The van der Waals surface area contributed by atoms with E-state index >= 15 is 0 Å². The molecular formula is C14H19NO4. The fourth-order valence-corrected chi connectivity index (χ4v) is 1.42. The van der Waals surface area contributed by atoms with E-state index in [9.17, 15) is 9.59 Å². The zero-order valence-corrected chi connectivity index (χ0v) is 11.1. The molecule has 5 nitrogen and oxygen atoms in total. The van der Waals surface area contributed by atoms with Crippen LogP contribution in [-0.2, 0) is 20.7 Å². The summed E-state index contributed by atoms with van der Waals surface area (Å²) in [6.45, 7) is 2.34. The summed E-state index contributed by atoms with van der Waals surface area (Å²) in [6, 6.07) is 6.86. The molecule has 0 aliphatic heterocycles. The largest absolute Gasteiger partial charge is 0.482 e. The topological polar surface area (TPSA) is 78.6 Å². The van der Waals surface area contributed by atoms with Crippen molar-refractivity contribution < 1.29 is 19.1 Å². The molecule has 0 fully saturated rings. The summed E-state index contributed by atoms with van der Waals surface area (Å²) in [5.74, 6) is -0.205. The molecule has 1 rings (SSSR count). The van der Waals surface area contributed by atoms with Crippen molar-refractivity contribution in [3.63, 3.8) is 0 Å². The lowest BCUT2D eigenvalue weighted by Crippen LogP contribution is -2.15. The fourth-order valence-electron chi connectivity index (χ4n) is 1.42. The lowest BCUT2D eigenvalue weighted by atomic mass is 10.1. The van der Waals surface area contributed by atoms with Crippen molar-refractivity contribution in [2.24, 2.45) is 5.73 Å². The van der Waals surface area contributed by atoms with Gasteiger partial charge in [0.25, 0.3) is 0 Å². The van der Waals surface area contributed by atoms with E-state index in [2.05, 4.69) is 0 Å². The number of amides is 1. The highest BCUT2D eigenvalue weighted by atomic mass is 16.6. The summed E-state index contributed by atoms with van der Waals surface area (Å²) in [5.41, 5.74) is 5.90. The van der Waals surface area contributed by atoms with Gasteiger partial charge >= 0.3 is 5.97 Å². The Morgan fingerprint density at radius 1 is 1.21 bits per heavy atom. The summed E-state index contributed by atoms with van der Waals surface area (Å²) in [5, 5.41) is 0. The first kappa shape index (κ1) is 15.0. The van der Waals surface area contributed by atoms with Gasteiger partial charge in [-0.05, 0) is 24.1 Å². The summed E-state index contributed by atoms with van der Waals surface area (Å²) in [4.78, 5) is 22.0. The standard InChI is InChI=1S/C14H19NO4/c1-2-3-8-18-14(17)10-19-12-6-4-11(5-7-12)9-13(15)16/h4-7H,2-3,8-10H2,1H3,(H2,15,16). The summed E-state index contributed by atoms with van der Waals surface area (Å²) >= 11 is 0. The van der Waals surface area contributed by atoms with Crippen molar-refractivity contribution in [3.05, 3.63) is 29.8 Å². The zero-order valence-electron chi connectivity index (χ0n) is 11.1. The normalized spacial score (nSPS) is 9.95. The van der Waals surface area contributed by atoms with Crippen molar-refractivity contribution in [1.29, 1.82) is 0 Å². The number of hydrogen-bond acceptors (Lipinski definition) is 4. The van der Waals surface area contributed by atoms with E-state index in [-0.39, 0.29) is 24.9 Å². The molecule has 0 aliphatic rings. The zero-order chi connectivity index (χ0) is 14.1. The lowest BCUT2D eigenvalue weighted by Gasteiger charge is -2.07. The van der Waals surface area contributed by atoms with E-state index in [1.54, 1.807) is 24.3 Å². The first-order valence-electron chi connectivity index (χ1n) is 6.27. The first-order chi connectivity index (χ1) is 9.11. The Hall–Kier alpha value is -2.04. The highest BCUT2D eigenvalue weighted by molar-refractivity contribution is 5.76. The molecule has 0 heterocycles. The first-order valence-corrected chi connectivity index (χ1v) is 6.27. The van der Waals surface area contributed by atoms with Crippen LogP contribution >= 0.6 is 0 Å². The molecule has 0 bridgehead atoms. The average molecular weight is 265 g/mol. The summed E-state index contributed by atoms with van der Waals surface area (Å²) in [6.07, 6.45) is 2.03. The van der Waals surface area contributed by atoms with Crippen LogP contribution in [-0.4, -0.2) is 25.1 Å². The van der Waals surface area contributed by atoms with E-state index < -0.39 is 0 Å². The van der Waals surface area contributed by atoms with Crippen LogP contribution in [0.1, 0.15) is 25.3 Å². The Morgan fingerprint density at radius 3 is 2.47 bits per heavy atom. The molecule has 5 heteroatoms. The van der Waals surface area contributed by atoms with E-state index in [1.165, 1.54) is 0 Å². The van der Waals surface area contributed by atoms with Crippen LogP contribution in [0.25, 0.3) is 0 Å². The molecule has 0 aliphatic carbocycles. The van der Waals surface area contributed by atoms with Gasteiger partial charge in [-0.1, -0.05) is 25.5 Å². The molecule has 0 saturated carbocycles. The van der Waals surface area contributed by atoms with E-state index in [0.29, 0.717) is 12.4 Å². The van der Waals surface area contributed by atoms with Gasteiger partial charge in [0, 0.05) is 0 Å². The van der Waals surface area contributed by atoms with Crippen LogP contribution < -0.4 is 10.5 Å². The van der Waals surface area contributed by atoms with E-state index in [4.69, 9.17) is 15.2 Å². The van der Waals surface area contributed by atoms with Crippen molar-refractivity contribution >= 4 is 11.9 Å². The second-order valence-corrected chi connectivity index (χ2v) is 4.15. The fraction of sp³-hybridized carbons (Fsp3) is 0.429. The number of hydrogen-bond donors (Lipinski definition) is 1. The predicted octanol–water partition coefficient (Wildman–Crippen LogP) is 1.44. The number of benzene rings is 1. The van der Waals surface area contributed by atoms with Crippen LogP contribution in [0, 0.1) is 0 Å². The molecule has 0 radical (unpaired) electrons. The molecule has 104 valence electrons. The van der Waals surface area contributed by atoms with Gasteiger partial charge < -0.3 is 15.2 Å². The molecular weight excluding hydrogens is 246 g/mol. The maximum Gasteiger partial charge on any atom is 0.344 e. The third-order valence-corrected chi connectivity index (χ3v) is 2.42. The number of unbranched alkanes of at least 4 members (excludes halogenated alkanes) is 1. The van der Waals surface area contributed by atoms with Gasteiger partial charge in [0.05, 0.1) is 13.0 Å². The Morgan fingerprint density at radius 2 is 1.89 bits per heavy atom. The maximum atomic E-state index is 11.3. The molecule has 0 atom stereocenters. The quantitative estimate of drug-likeness (QED) is 0.569. The SMILES string of the molecule is CCCCOC(=O)COc1ccc(CC(N)=O)cc1. The molecule has 1 aromatic carbocycles. The summed E-state index contributed by atoms with van der Waals surface area (Å²) < 4.78 is 10.2. The molecule has 0 spiro atoms. The third-order valence-electron chi connectivity index (χ3n) is 2.42. The van der Waals surface area contributed by atoms with Gasteiger partial charge in [0.2, 0.25) is 5.91 Å². The van der Waals surface area contributed by atoms with Gasteiger partial charge in [-0.25, -0.2) is 4.79 Å². The Bertz CT molecular complexity index is 414. The van der Waals surface area contributed by atoms with Gasteiger partial charge in [-0.15, -0.1) is 0 Å². The van der Waals surface area contributed by atoms with Crippen LogP contribution in [0.3, 0.4) is 0 Å². The average Bonchev–Trinajstić information content (AvgIpc) is 2.37. The Labute approximate surface area is 112 Å². The molecule has 0 aromatic heterocycles. The van der Waals surface area contributed by atoms with Gasteiger partial charge in [0.1, 0.15) is 5.75 Å². The number of carbonyl (C=O) groups excluding carboxylic acids is 2. The molecule has 0 unspecified atom stereocenters. The van der Waals surface area contributed by atoms with Crippen molar-refractivity contribution in [2.75, 3.05) is 13.2 Å². The number of rotatable bonds is 8. The van der Waals surface area contributed by atoms with Crippen LogP contribution in [0.2, 0.25) is 0 Å². The minimum absolute atomic E-state index is 0.112. The highest BCUT2D eigenvalue weighted by Gasteiger charge is 2.04. The van der Waals surface area contributed by atoms with E-state index in [0.717, 1.165) is 18.4 Å². The monoisotopic (exact) mass is 265 g/mol. The van der Waals surface area contributed by atoms with Crippen LogP contribution in [0.4, 0.5) is 0 Å². The number of esters is 1. The Kier molecular flexibility index (Phi) is 6.43. The van der Waals surface area contributed by atoms with E-state index in [1.807, 2.05) is 6.92 Å². The lowest BCUT2D eigenvalue weighted by molar-refractivity contribution is -0.146. The van der Waals surface area contributed by atoms with Crippen LogP contribution in [0.5, 0.6) is 5.75 Å². The number of carbonyl (C=O) groups is 2. The number of ether oxygens (including phenoxy) is 2. The Balaban J connectivity index is 2.33. The maximum absolute atomic E-state index is 11.3. The van der Waals surface area contributed by atoms with Crippen molar-refractivity contribution in [2.45, 2.75) is 26.2 Å². The molecule has 19 heavy (non-hydrogen) atoms. The smallest absolute Gasteiger partial charge is 0.344 e. The van der Waals surface area contributed by atoms with Gasteiger partial charge in [-0.3, -0.25) is 4.79 Å². The molecule has 0 saturated heterocycles. The second-order valence-electron chi connectivity index (χ2n) is 4.15. The van der Waals surface area contributed by atoms with Gasteiger partial charge in [-0.2, -0.15) is 0 Å².